The third-order valence-electron chi connectivity index (χ3n) is 4.15. The van der Waals surface area contributed by atoms with Crippen LogP contribution in [0, 0.1) is 13.8 Å². The van der Waals surface area contributed by atoms with Crippen LogP contribution in [-0.2, 0) is 16.3 Å². The molecule has 146 valence electrons. The summed E-state index contributed by atoms with van der Waals surface area (Å²) in [5.41, 5.74) is 3.22. The number of hydrogen-bond acceptors (Lipinski definition) is 5. The fourth-order valence-corrected chi connectivity index (χ4v) is 3.36. The van der Waals surface area contributed by atoms with Crippen LogP contribution in [0.25, 0.3) is 11.3 Å². The van der Waals surface area contributed by atoms with E-state index in [-0.39, 0.29) is 11.7 Å². The lowest BCUT2D eigenvalue weighted by molar-refractivity contribution is -0.111. The van der Waals surface area contributed by atoms with E-state index in [4.69, 9.17) is 4.74 Å². The molecule has 0 saturated heterocycles. The molecule has 0 aromatic carbocycles. The number of aromatic hydroxyl groups is 1. The first-order chi connectivity index (χ1) is 12.6. The van der Waals surface area contributed by atoms with E-state index in [1.165, 1.54) is 12.3 Å². The highest BCUT2D eigenvalue weighted by Crippen LogP contribution is 2.33. The van der Waals surface area contributed by atoms with Crippen molar-refractivity contribution in [3.63, 3.8) is 0 Å². The van der Waals surface area contributed by atoms with Crippen molar-refractivity contribution in [1.82, 2.24) is 14.8 Å². The molecule has 0 aliphatic carbocycles. The summed E-state index contributed by atoms with van der Waals surface area (Å²) >= 11 is 0. The summed E-state index contributed by atoms with van der Waals surface area (Å²) in [6.07, 6.45) is 2.66. The second kappa shape index (κ2) is 8.49. The van der Waals surface area contributed by atoms with Crippen LogP contribution in [0.1, 0.15) is 11.4 Å². The number of amides is 1. The molecular formula is C19H28N4O3Si. The van der Waals surface area contributed by atoms with E-state index in [0.29, 0.717) is 24.7 Å². The largest absolute Gasteiger partial charge is 0.506 e. The quantitative estimate of drug-likeness (QED) is 0.409. The van der Waals surface area contributed by atoms with Crippen molar-refractivity contribution in [2.75, 3.05) is 11.9 Å². The summed E-state index contributed by atoms with van der Waals surface area (Å²) in [6, 6.07) is 2.56. The van der Waals surface area contributed by atoms with E-state index in [2.05, 4.69) is 41.6 Å². The summed E-state index contributed by atoms with van der Waals surface area (Å²) in [5.74, 6) is -0.387. The Morgan fingerprint density at radius 2 is 2.11 bits per heavy atom. The maximum absolute atomic E-state index is 11.4. The molecule has 2 aromatic rings. The van der Waals surface area contributed by atoms with Gasteiger partial charge in [-0.05, 0) is 26.0 Å². The lowest BCUT2D eigenvalue weighted by Gasteiger charge is -2.15. The Morgan fingerprint density at radius 3 is 2.70 bits per heavy atom. The topological polar surface area (TPSA) is 89.3 Å². The Morgan fingerprint density at radius 1 is 1.41 bits per heavy atom. The molecule has 0 aliphatic rings. The number of nitrogens with one attached hydrogen (secondary N) is 1. The van der Waals surface area contributed by atoms with Crippen LogP contribution in [-0.4, -0.2) is 40.5 Å². The van der Waals surface area contributed by atoms with Gasteiger partial charge in [-0.2, -0.15) is 5.10 Å². The van der Waals surface area contributed by atoms with Gasteiger partial charge in [0.2, 0.25) is 5.91 Å². The van der Waals surface area contributed by atoms with Gasteiger partial charge >= 0.3 is 0 Å². The molecule has 27 heavy (non-hydrogen) atoms. The number of ether oxygens (including phenoxy) is 1. The van der Waals surface area contributed by atoms with Crippen LogP contribution in [0.2, 0.25) is 25.7 Å². The average molecular weight is 389 g/mol. The number of carbonyl (C=O) groups is 1. The van der Waals surface area contributed by atoms with E-state index in [1.54, 1.807) is 4.68 Å². The molecule has 0 radical (unpaired) electrons. The highest BCUT2D eigenvalue weighted by atomic mass is 28.3. The van der Waals surface area contributed by atoms with Gasteiger partial charge < -0.3 is 15.2 Å². The lowest BCUT2D eigenvalue weighted by Crippen LogP contribution is -2.22. The first-order valence-electron chi connectivity index (χ1n) is 8.87. The number of rotatable bonds is 8. The predicted molar refractivity (Wildman–Crippen MR) is 110 cm³/mol. The van der Waals surface area contributed by atoms with Gasteiger partial charge in [-0.15, -0.1) is 0 Å². The van der Waals surface area contributed by atoms with Crippen molar-refractivity contribution < 1.29 is 14.6 Å². The van der Waals surface area contributed by atoms with Crippen LogP contribution in [0.5, 0.6) is 5.75 Å². The summed E-state index contributed by atoms with van der Waals surface area (Å²) in [4.78, 5) is 15.7. The molecule has 0 aliphatic heterocycles. The number of hydrogen-bond donors (Lipinski definition) is 2. The van der Waals surface area contributed by atoms with Crippen LogP contribution in [0.3, 0.4) is 0 Å². The SMILES string of the molecule is C=CC(=O)Nc1cnc(-c2c(C)nn(COCC[Si](C)(C)C)c2C)c(O)c1. The molecular weight excluding hydrogens is 360 g/mol. The zero-order valence-electron chi connectivity index (χ0n) is 16.7. The molecule has 0 unspecified atom stereocenters. The molecule has 2 heterocycles. The molecule has 7 nitrogen and oxygen atoms in total. The number of carbonyl (C=O) groups excluding carboxylic acids is 1. The molecule has 1 amide bonds. The van der Waals surface area contributed by atoms with Gasteiger partial charge in [0, 0.05) is 32.0 Å². The first kappa shape index (κ1) is 20.9. The van der Waals surface area contributed by atoms with Crippen LogP contribution < -0.4 is 5.32 Å². The minimum Gasteiger partial charge on any atom is -0.506 e. The zero-order valence-corrected chi connectivity index (χ0v) is 17.7. The Bertz CT molecular complexity index is 840. The number of nitrogens with zero attached hydrogens (tertiary/aromatic N) is 3. The van der Waals surface area contributed by atoms with E-state index in [9.17, 15) is 9.90 Å². The number of aryl methyl sites for hydroxylation is 1. The fraction of sp³-hybridized carbons (Fsp3) is 0.421. The summed E-state index contributed by atoms with van der Waals surface area (Å²) < 4.78 is 7.56. The molecule has 2 N–H and O–H groups in total. The molecule has 2 rings (SSSR count). The Hall–Kier alpha value is -2.45. The molecule has 0 atom stereocenters. The highest BCUT2D eigenvalue weighted by molar-refractivity contribution is 6.76. The van der Waals surface area contributed by atoms with E-state index in [0.717, 1.165) is 29.1 Å². The third-order valence-corrected chi connectivity index (χ3v) is 5.85. The third kappa shape index (κ3) is 5.51. The van der Waals surface area contributed by atoms with Gasteiger partial charge in [-0.3, -0.25) is 9.78 Å². The second-order valence-corrected chi connectivity index (χ2v) is 13.3. The number of pyridine rings is 1. The number of aromatic nitrogens is 3. The van der Waals surface area contributed by atoms with Gasteiger partial charge in [0.05, 0.1) is 17.6 Å². The van der Waals surface area contributed by atoms with Crippen molar-refractivity contribution in [3.8, 4) is 17.0 Å². The van der Waals surface area contributed by atoms with Gasteiger partial charge in [-0.25, -0.2) is 4.68 Å². The molecule has 0 saturated carbocycles. The maximum Gasteiger partial charge on any atom is 0.247 e. The van der Waals surface area contributed by atoms with Gasteiger partial charge in [0.1, 0.15) is 18.2 Å². The van der Waals surface area contributed by atoms with Crippen molar-refractivity contribution >= 4 is 19.7 Å². The first-order valence-corrected chi connectivity index (χ1v) is 12.6. The molecule has 0 fully saturated rings. The van der Waals surface area contributed by atoms with Crippen molar-refractivity contribution in [1.29, 1.82) is 0 Å². The second-order valence-electron chi connectivity index (χ2n) is 7.68. The minimum atomic E-state index is -1.13. The summed E-state index contributed by atoms with van der Waals surface area (Å²) in [6.45, 7) is 15.2. The molecule has 0 bridgehead atoms. The molecule has 0 spiro atoms. The minimum absolute atomic E-state index is 0.0257. The van der Waals surface area contributed by atoms with Gasteiger partial charge in [0.15, 0.2) is 0 Å². The summed E-state index contributed by atoms with van der Waals surface area (Å²) in [5, 5.41) is 17.5. The van der Waals surface area contributed by atoms with Crippen LogP contribution in [0.4, 0.5) is 5.69 Å². The lowest BCUT2D eigenvalue weighted by atomic mass is 10.1. The number of anilines is 1. The van der Waals surface area contributed by atoms with Crippen LogP contribution in [0.15, 0.2) is 24.9 Å². The van der Waals surface area contributed by atoms with Gasteiger partial charge in [0.25, 0.3) is 0 Å². The standard InChI is InChI=1S/C19H28N4O3Si/c1-7-17(25)21-15-10-16(24)19(20-11-15)18-13(2)22-23(14(18)3)12-26-8-9-27(4,5)6/h7,10-11,24H,1,8-9,12H2,2-6H3,(H,21,25). The molecule has 2 aromatic heterocycles. The Labute approximate surface area is 161 Å². The van der Waals surface area contributed by atoms with Crippen LogP contribution >= 0.6 is 0 Å². The maximum atomic E-state index is 11.4. The predicted octanol–water partition coefficient (Wildman–Crippen LogP) is 3.70. The van der Waals surface area contributed by atoms with Crippen molar-refractivity contribution in [2.45, 2.75) is 46.3 Å². The normalized spacial score (nSPS) is 11.4. The Balaban J connectivity index is 2.18. The van der Waals surface area contributed by atoms with E-state index >= 15 is 0 Å². The molecule has 8 heteroatoms. The Kier molecular flexibility index (Phi) is 6.56. The van der Waals surface area contributed by atoms with E-state index in [1.807, 2.05) is 13.8 Å². The zero-order chi connectivity index (χ0) is 20.2. The average Bonchev–Trinajstić information content (AvgIpc) is 2.85. The van der Waals surface area contributed by atoms with Crippen molar-refractivity contribution in [2.24, 2.45) is 0 Å². The fourth-order valence-electron chi connectivity index (χ4n) is 2.60. The summed E-state index contributed by atoms with van der Waals surface area (Å²) in [7, 11) is -1.13. The van der Waals surface area contributed by atoms with E-state index < -0.39 is 8.07 Å². The van der Waals surface area contributed by atoms with Crippen molar-refractivity contribution in [3.05, 3.63) is 36.3 Å². The smallest absolute Gasteiger partial charge is 0.247 e. The highest BCUT2D eigenvalue weighted by Gasteiger charge is 2.19. The monoisotopic (exact) mass is 388 g/mol. The van der Waals surface area contributed by atoms with Gasteiger partial charge in [-0.1, -0.05) is 26.2 Å².